The summed E-state index contributed by atoms with van der Waals surface area (Å²) in [6.45, 7) is 13.5. The van der Waals surface area contributed by atoms with Gasteiger partial charge in [0, 0.05) is 7.11 Å². The zero-order valence-corrected chi connectivity index (χ0v) is 12.1. The van der Waals surface area contributed by atoms with Crippen molar-refractivity contribution in [3.8, 4) is 0 Å². The quantitative estimate of drug-likeness (QED) is 0.611. The molecule has 0 aliphatic heterocycles. The van der Waals surface area contributed by atoms with Gasteiger partial charge in [0.25, 0.3) is 0 Å². The molecule has 16 heavy (non-hydrogen) atoms. The second-order valence-corrected chi connectivity index (χ2v) is 5.66. The smallest absolute Gasteiger partial charge is 0.0622 e. The summed E-state index contributed by atoms with van der Waals surface area (Å²) in [5.41, 5.74) is 0.0326. The Morgan fingerprint density at radius 2 is 1.81 bits per heavy atom. The van der Waals surface area contributed by atoms with E-state index in [0.717, 1.165) is 31.3 Å². The zero-order valence-electron chi connectivity index (χ0n) is 12.1. The van der Waals surface area contributed by atoms with Crippen molar-refractivity contribution in [1.82, 2.24) is 5.32 Å². The van der Waals surface area contributed by atoms with Crippen LogP contribution in [0.5, 0.6) is 0 Å². The fraction of sp³-hybridized carbons (Fsp3) is 1.00. The lowest BCUT2D eigenvalue weighted by atomic mass is 9.87. The van der Waals surface area contributed by atoms with E-state index in [-0.39, 0.29) is 5.60 Å². The van der Waals surface area contributed by atoms with Crippen LogP contribution in [0.4, 0.5) is 0 Å². The number of ether oxygens (including phenoxy) is 1. The Morgan fingerprint density at radius 1 is 1.19 bits per heavy atom. The third kappa shape index (κ3) is 7.24. The van der Waals surface area contributed by atoms with Crippen LogP contribution < -0.4 is 5.32 Å². The number of methoxy groups -OCH3 is 1. The summed E-state index contributed by atoms with van der Waals surface area (Å²) < 4.78 is 5.45. The largest absolute Gasteiger partial charge is 0.379 e. The normalized spacial score (nSPS) is 16.1. The van der Waals surface area contributed by atoms with Crippen molar-refractivity contribution in [3.05, 3.63) is 0 Å². The number of hydrogen-bond donors (Lipinski definition) is 1. The summed E-state index contributed by atoms with van der Waals surface area (Å²) in [7, 11) is 1.80. The molecule has 0 spiro atoms. The van der Waals surface area contributed by atoms with Crippen molar-refractivity contribution >= 4 is 0 Å². The summed E-state index contributed by atoms with van der Waals surface area (Å²) in [4.78, 5) is 0. The van der Waals surface area contributed by atoms with Gasteiger partial charge < -0.3 is 10.1 Å². The lowest BCUT2D eigenvalue weighted by molar-refractivity contribution is 0.00921. The molecule has 0 saturated carbocycles. The van der Waals surface area contributed by atoms with Gasteiger partial charge >= 0.3 is 0 Å². The third-order valence-corrected chi connectivity index (χ3v) is 3.62. The molecule has 0 heterocycles. The van der Waals surface area contributed by atoms with Gasteiger partial charge in [-0.15, -0.1) is 0 Å². The lowest BCUT2D eigenvalue weighted by Crippen LogP contribution is -2.28. The van der Waals surface area contributed by atoms with Gasteiger partial charge in [-0.1, -0.05) is 20.8 Å². The van der Waals surface area contributed by atoms with Gasteiger partial charge in [-0.05, 0) is 58.0 Å². The molecule has 2 nitrogen and oxygen atoms in total. The molecule has 0 rings (SSSR count). The Kier molecular flexibility index (Phi) is 8.04. The van der Waals surface area contributed by atoms with Gasteiger partial charge in [-0.2, -0.15) is 0 Å². The third-order valence-electron chi connectivity index (χ3n) is 3.62. The summed E-state index contributed by atoms with van der Waals surface area (Å²) in [6.07, 6.45) is 3.61. The molecule has 0 bridgehead atoms. The average molecular weight is 229 g/mol. The van der Waals surface area contributed by atoms with Crippen molar-refractivity contribution in [1.29, 1.82) is 0 Å². The molecule has 2 atom stereocenters. The molecule has 2 unspecified atom stereocenters. The van der Waals surface area contributed by atoms with Crippen LogP contribution in [0.3, 0.4) is 0 Å². The van der Waals surface area contributed by atoms with Crippen LogP contribution in [0.25, 0.3) is 0 Å². The predicted molar refractivity (Wildman–Crippen MR) is 71.8 cm³/mol. The minimum atomic E-state index is 0.0326. The monoisotopic (exact) mass is 229 g/mol. The number of hydrogen-bond acceptors (Lipinski definition) is 2. The molecule has 1 N–H and O–H groups in total. The van der Waals surface area contributed by atoms with Gasteiger partial charge in [0.1, 0.15) is 0 Å². The van der Waals surface area contributed by atoms with E-state index in [1.807, 2.05) is 0 Å². The van der Waals surface area contributed by atoms with Gasteiger partial charge in [0.15, 0.2) is 0 Å². The Balaban J connectivity index is 3.74. The molecule has 0 aromatic heterocycles. The lowest BCUT2D eigenvalue weighted by Gasteiger charge is -2.27. The van der Waals surface area contributed by atoms with E-state index in [1.54, 1.807) is 7.11 Å². The molecule has 2 heteroatoms. The molecule has 0 aromatic rings. The second-order valence-electron chi connectivity index (χ2n) is 5.66. The van der Waals surface area contributed by atoms with E-state index >= 15 is 0 Å². The Labute approximate surface area is 102 Å². The summed E-state index contributed by atoms with van der Waals surface area (Å²) >= 11 is 0. The Morgan fingerprint density at radius 3 is 2.31 bits per heavy atom. The molecular weight excluding hydrogens is 198 g/mol. The van der Waals surface area contributed by atoms with Crippen LogP contribution in [-0.4, -0.2) is 25.8 Å². The van der Waals surface area contributed by atoms with Crippen LogP contribution in [0.15, 0.2) is 0 Å². The fourth-order valence-electron chi connectivity index (χ4n) is 1.67. The first kappa shape index (κ1) is 15.9. The van der Waals surface area contributed by atoms with Crippen molar-refractivity contribution in [2.24, 2.45) is 11.8 Å². The predicted octanol–water partition coefficient (Wildman–Crippen LogP) is 3.46. The highest BCUT2D eigenvalue weighted by atomic mass is 16.5. The molecular formula is C14H31NO. The first-order chi connectivity index (χ1) is 7.43. The van der Waals surface area contributed by atoms with Crippen LogP contribution in [0.2, 0.25) is 0 Å². The van der Waals surface area contributed by atoms with Crippen LogP contribution in [0.1, 0.15) is 53.9 Å². The molecule has 0 aromatic carbocycles. The highest BCUT2D eigenvalue weighted by Gasteiger charge is 2.19. The van der Waals surface area contributed by atoms with Gasteiger partial charge in [-0.25, -0.2) is 0 Å². The van der Waals surface area contributed by atoms with Gasteiger partial charge in [0.05, 0.1) is 5.60 Å². The molecule has 0 aliphatic carbocycles. The Bertz CT molecular complexity index is 168. The highest BCUT2D eigenvalue weighted by molar-refractivity contribution is 4.72. The Hall–Kier alpha value is -0.0800. The number of rotatable bonds is 9. The topological polar surface area (TPSA) is 21.3 Å². The maximum atomic E-state index is 5.45. The average Bonchev–Trinajstić information content (AvgIpc) is 2.26. The summed E-state index contributed by atoms with van der Waals surface area (Å²) in [5.74, 6) is 1.51. The van der Waals surface area contributed by atoms with Crippen LogP contribution >= 0.6 is 0 Å². The van der Waals surface area contributed by atoms with Crippen molar-refractivity contribution in [2.75, 3.05) is 20.2 Å². The van der Waals surface area contributed by atoms with Crippen molar-refractivity contribution in [2.45, 2.75) is 59.5 Å². The fourth-order valence-corrected chi connectivity index (χ4v) is 1.67. The standard InChI is InChI=1S/C14H31NO/c1-7-10-15-11-13(3)12(2)8-9-14(4,5)16-6/h12-13,15H,7-11H2,1-6H3. The maximum Gasteiger partial charge on any atom is 0.0622 e. The van der Waals surface area contributed by atoms with E-state index in [9.17, 15) is 0 Å². The van der Waals surface area contributed by atoms with E-state index in [4.69, 9.17) is 4.74 Å². The van der Waals surface area contributed by atoms with E-state index in [1.165, 1.54) is 12.8 Å². The van der Waals surface area contributed by atoms with E-state index < -0.39 is 0 Å². The van der Waals surface area contributed by atoms with Gasteiger partial charge in [-0.3, -0.25) is 0 Å². The van der Waals surface area contributed by atoms with E-state index in [2.05, 4.69) is 39.9 Å². The van der Waals surface area contributed by atoms with Crippen molar-refractivity contribution in [3.63, 3.8) is 0 Å². The highest BCUT2D eigenvalue weighted by Crippen LogP contribution is 2.23. The van der Waals surface area contributed by atoms with Crippen LogP contribution in [-0.2, 0) is 4.74 Å². The molecule has 0 saturated heterocycles. The van der Waals surface area contributed by atoms with Crippen molar-refractivity contribution < 1.29 is 4.74 Å². The molecule has 0 amide bonds. The molecule has 0 aliphatic rings. The maximum absolute atomic E-state index is 5.45. The number of nitrogens with one attached hydrogen (secondary N) is 1. The SMILES string of the molecule is CCCNCC(C)C(C)CCC(C)(C)OC. The van der Waals surface area contributed by atoms with Gasteiger partial charge in [0.2, 0.25) is 0 Å². The minimum Gasteiger partial charge on any atom is -0.379 e. The summed E-state index contributed by atoms with van der Waals surface area (Å²) in [5, 5.41) is 3.50. The second kappa shape index (κ2) is 8.08. The zero-order chi connectivity index (χ0) is 12.6. The molecule has 0 radical (unpaired) electrons. The van der Waals surface area contributed by atoms with E-state index in [0.29, 0.717) is 0 Å². The molecule has 98 valence electrons. The summed E-state index contributed by atoms with van der Waals surface area (Å²) in [6, 6.07) is 0. The minimum absolute atomic E-state index is 0.0326. The molecule has 0 fully saturated rings. The van der Waals surface area contributed by atoms with Crippen LogP contribution in [0, 0.1) is 11.8 Å². The first-order valence-electron chi connectivity index (χ1n) is 6.68. The first-order valence-corrected chi connectivity index (χ1v) is 6.68.